The number of aromatic nitrogens is 2. The van der Waals surface area contributed by atoms with Crippen LogP contribution in [0.5, 0.6) is 0 Å². The molecule has 4 rings (SSSR count). The summed E-state index contributed by atoms with van der Waals surface area (Å²) in [6.07, 6.45) is -0.111. The Morgan fingerprint density at radius 3 is 2.48 bits per heavy atom. The van der Waals surface area contributed by atoms with Crippen LogP contribution in [0.15, 0.2) is 54.6 Å². The van der Waals surface area contributed by atoms with Crippen molar-refractivity contribution in [3.8, 4) is 0 Å². The number of hydrogen-bond acceptors (Lipinski definition) is 3. The van der Waals surface area contributed by atoms with E-state index in [4.69, 9.17) is 27.9 Å². The van der Waals surface area contributed by atoms with Gasteiger partial charge in [0.1, 0.15) is 6.10 Å². The molecule has 3 aromatic rings. The number of carbonyl (C=O) groups excluding carboxylic acids is 1. The van der Waals surface area contributed by atoms with Crippen LogP contribution in [0.4, 0.5) is 0 Å². The standard InChI is InChI=1S/C20H17Cl2N3O2/c21-15-5-1-13(2-6-15)10-23-20(26)18-9-17-12-27-19(11-25(17)24-18)14-3-7-16(22)8-4-14/h1-9,19H,10-12H2,(H,23,26). The summed E-state index contributed by atoms with van der Waals surface area (Å²) in [6, 6.07) is 16.7. The third-order valence-corrected chi connectivity index (χ3v) is 4.98. The van der Waals surface area contributed by atoms with E-state index in [-0.39, 0.29) is 12.0 Å². The van der Waals surface area contributed by atoms with Gasteiger partial charge in [-0.25, -0.2) is 0 Å². The Morgan fingerprint density at radius 2 is 1.78 bits per heavy atom. The van der Waals surface area contributed by atoms with Crippen LogP contribution >= 0.6 is 23.2 Å². The van der Waals surface area contributed by atoms with Crippen LogP contribution in [0, 0.1) is 0 Å². The molecule has 1 aliphatic heterocycles. The van der Waals surface area contributed by atoms with Gasteiger partial charge in [-0.05, 0) is 41.5 Å². The quantitative estimate of drug-likeness (QED) is 0.704. The second-order valence-corrected chi connectivity index (χ2v) is 7.24. The first-order chi connectivity index (χ1) is 13.1. The van der Waals surface area contributed by atoms with Gasteiger partial charge < -0.3 is 10.1 Å². The number of benzene rings is 2. The summed E-state index contributed by atoms with van der Waals surface area (Å²) >= 11 is 11.8. The van der Waals surface area contributed by atoms with E-state index in [9.17, 15) is 4.79 Å². The smallest absolute Gasteiger partial charge is 0.272 e. The molecule has 1 N–H and O–H groups in total. The number of carbonyl (C=O) groups is 1. The van der Waals surface area contributed by atoms with Gasteiger partial charge in [-0.3, -0.25) is 9.48 Å². The fourth-order valence-electron chi connectivity index (χ4n) is 2.99. The minimum atomic E-state index is -0.213. The molecular formula is C20H17Cl2N3O2. The molecule has 7 heteroatoms. The monoisotopic (exact) mass is 401 g/mol. The van der Waals surface area contributed by atoms with Gasteiger partial charge in [0.2, 0.25) is 0 Å². The number of amides is 1. The second-order valence-electron chi connectivity index (χ2n) is 6.36. The fraction of sp³-hybridized carbons (Fsp3) is 0.200. The first-order valence-corrected chi connectivity index (χ1v) is 9.30. The minimum absolute atomic E-state index is 0.111. The second kappa shape index (κ2) is 7.72. The Kier molecular flexibility index (Phi) is 5.16. The highest BCUT2D eigenvalue weighted by Crippen LogP contribution is 2.27. The highest BCUT2D eigenvalue weighted by molar-refractivity contribution is 6.30. The number of rotatable bonds is 4. The first-order valence-electron chi connectivity index (χ1n) is 8.55. The van der Waals surface area contributed by atoms with Crippen molar-refractivity contribution in [1.29, 1.82) is 0 Å². The molecule has 0 saturated heterocycles. The molecule has 2 heterocycles. The summed E-state index contributed by atoms with van der Waals surface area (Å²) in [5.74, 6) is -0.213. The van der Waals surface area contributed by atoms with E-state index in [1.54, 1.807) is 18.2 Å². The largest absolute Gasteiger partial charge is 0.365 e. The van der Waals surface area contributed by atoms with Crippen molar-refractivity contribution in [2.75, 3.05) is 0 Å². The average molecular weight is 402 g/mol. The molecule has 2 aromatic carbocycles. The lowest BCUT2D eigenvalue weighted by molar-refractivity contribution is -0.00119. The van der Waals surface area contributed by atoms with Gasteiger partial charge in [0.05, 0.1) is 18.8 Å². The molecule has 1 aliphatic rings. The zero-order chi connectivity index (χ0) is 18.8. The first kappa shape index (κ1) is 18.0. The van der Waals surface area contributed by atoms with Crippen molar-refractivity contribution in [2.24, 2.45) is 0 Å². The molecule has 138 valence electrons. The van der Waals surface area contributed by atoms with Crippen LogP contribution in [-0.4, -0.2) is 15.7 Å². The van der Waals surface area contributed by atoms with Crippen molar-refractivity contribution >= 4 is 29.1 Å². The molecule has 0 aliphatic carbocycles. The number of ether oxygens (including phenoxy) is 1. The minimum Gasteiger partial charge on any atom is -0.365 e. The van der Waals surface area contributed by atoms with Crippen molar-refractivity contribution in [1.82, 2.24) is 15.1 Å². The van der Waals surface area contributed by atoms with E-state index in [0.29, 0.717) is 35.4 Å². The Morgan fingerprint density at radius 1 is 1.11 bits per heavy atom. The zero-order valence-electron chi connectivity index (χ0n) is 14.4. The summed E-state index contributed by atoms with van der Waals surface area (Å²) in [7, 11) is 0. The predicted octanol–water partition coefficient (Wildman–Crippen LogP) is 4.39. The maximum absolute atomic E-state index is 12.4. The molecule has 27 heavy (non-hydrogen) atoms. The topological polar surface area (TPSA) is 56.2 Å². The van der Waals surface area contributed by atoms with Gasteiger partial charge in [-0.2, -0.15) is 5.10 Å². The number of nitrogens with one attached hydrogen (secondary N) is 1. The number of hydrogen-bond donors (Lipinski definition) is 1. The fourth-order valence-corrected chi connectivity index (χ4v) is 3.24. The molecule has 0 spiro atoms. The lowest BCUT2D eigenvalue weighted by Crippen LogP contribution is -2.24. The lowest BCUT2D eigenvalue weighted by atomic mass is 10.1. The molecule has 0 saturated carbocycles. The highest BCUT2D eigenvalue weighted by atomic mass is 35.5. The van der Waals surface area contributed by atoms with Crippen LogP contribution in [0.2, 0.25) is 10.0 Å². The van der Waals surface area contributed by atoms with Crippen LogP contribution in [0.3, 0.4) is 0 Å². The van der Waals surface area contributed by atoms with Crippen LogP contribution in [0.1, 0.15) is 33.4 Å². The normalized spacial score (nSPS) is 16.0. The molecule has 5 nitrogen and oxygen atoms in total. The highest BCUT2D eigenvalue weighted by Gasteiger charge is 2.24. The molecule has 0 radical (unpaired) electrons. The summed E-state index contributed by atoms with van der Waals surface area (Å²) in [5.41, 5.74) is 3.29. The lowest BCUT2D eigenvalue weighted by Gasteiger charge is -2.24. The number of nitrogens with zero attached hydrogens (tertiary/aromatic N) is 2. The van der Waals surface area contributed by atoms with Crippen molar-refractivity contribution < 1.29 is 9.53 Å². The average Bonchev–Trinajstić information content (AvgIpc) is 3.11. The van der Waals surface area contributed by atoms with E-state index in [1.807, 2.05) is 41.1 Å². The summed E-state index contributed by atoms with van der Waals surface area (Å²) < 4.78 is 7.75. The summed E-state index contributed by atoms with van der Waals surface area (Å²) in [4.78, 5) is 12.4. The predicted molar refractivity (Wildman–Crippen MR) is 104 cm³/mol. The van der Waals surface area contributed by atoms with E-state index >= 15 is 0 Å². The van der Waals surface area contributed by atoms with Gasteiger partial charge in [0.15, 0.2) is 5.69 Å². The Labute approximate surface area is 166 Å². The molecule has 0 bridgehead atoms. The molecular weight excluding hydrogens is 385 g/mol. The molecule has 1 unspecified atom stereocenters. The Hall–Kier alpha value is -2.34. The van der Waals surface area contributed by atoms with Gasteiger partial charge in [-0.1, -0.05) is 47.5 Å². The molecule has 1 atom stereocenters. The summed E-state index contributed by atoms with van der Waals surface area (Å²) in [6.45, 7) is 1.38. The molecule has 1 amide bonds. The maximum Gasteiger partial charge on any atom is 0.272 e. The van der Waals surface area contributed by atoms with Crippen LogP contribution in [-0.2, 0) is 24.4 Å². The van der Waals surface area contributed by atoms with E-state index in [1.165, 1.54) is 0 Å². The van der Waals surface area contributed by atoms with Gasteiger partial charge in [0, 0.05) is 16.6 Å². The Balaban J connectivity index is 1.42. The third-order valence-electron chi connectivity index (χ3n) is 4.48. The van der Waals surface area contributed by atoms with Crippen LogP contribution < -0.4 is 5.32 Å². The van der Waals surface area contributed by atoms with Gasteiger partial charge >= 0.3 is 0 Å². The zero-order valence-corrected chi connectivity index (χ0v) is 15.9. The van der Waals surface area contributed by atoms with Crippen molar-refractivity contribution in [2.45, 2.75) is 25.8 Å². The van der Waals surface area contributed by atoms with Crippen molar-refractivity contribution in [3.63, 3.8) is 0 Å². The Bertz CT molecular complexity index is 952. The SMILES string of the molecule is O=C(NCc1ccc(Cl)cc1)c1cc2n(n1)CC(c1ccc(Cl)cc1)OC2. The van der Waals surface area contributed by atoms with E-state index in [0.717, 1.165) is 16.8 Å². The molecule has 0 fully saturated rings. The van der Waals surface area contributed by atoms with Crippen molar-refractivity contribution in [3.05, 3.63) is 87.2 Å². The van der Waals surface area contributed by atoms with Gasteiger partial charge in [0.25, 0.3) is 5.91 Å². The maximum atomic E-state index is 12.4. The van der Waals surface area contributed by atoms with Crippen LogP contribution in [0.25, 0.3) is 0 Å². The van der Waals surface area contributed by atoms with Gasteiger partial charge in [-0.15, -0.1) is 0 Å². The number of halogens is 2. The summed E-state index contributed by atoms with van der Waals surface area (Å²) in [5, 5.41) is 8.68. The van der Waals surface area contributed by atoms with E-state index in [2.05, 4.69) is 10.4 Å². The third kappa shape index (κ3) is 4.16. The van der Waals surface area contributed by atoms with E-state index < -0.39 is 0 Å². The number of fused-ring (bicyclic) bond motifs is 1. The molecule has 1 aromatic heterocycles.